The second-order valence-corrected chi connectivity index (χ2v) is 9.20. The number of benzene rings is 2. The Bertz CT molecular complexity index is 942. The maximum atomic E-state index is 12.4. The molecular weight excluding hydrogens is 481 g/mol. The number of halogens is 3. The number of carbonyl (C=O) groups is 1. The van der Waals surface area contributed by atoms with Crippen molar-refractivity contribution in [2.24, 2.45) is 9.98 Å². The third-order valence-electron chi connectivity index (χ3n) is 4.17. The number of hydrogen-bond acceptors (Lipinski definition) is 4. The average molecular weight is 499 g/mol. The van der Waals surface area contributed by atoms with E-state index in [9.17, 15) is 4.79 Å². The number of carbonyl (C=O) groups excluding carboxylic acids is 1. The van der Waals surface area contributed by atoms with Gasteiger partial charge in [0.25, 0.3) is 0 Å². The Morgan fingerprint density at radius 2 is 1.79 bits per heavy atom. The molecule has 1 atom stereocenters. The summed E-state index contributed by atoms with van der Waals surface area (Å²) in [6.07, 6.45) is 0.782. The van der Waals surface area contributed by atoms with Gasteiger partial charge < -0.3 is 5.32 Å². The van der Waals surface area contributed by atoms with Gasteiger partial charge in [-0.15, -0.1) is 0 Å². The number of hydrogen-bond donors (Lipinski definition) is 1. The SMILES string of the molecule is CCC1(C)N=C(SCC(=O)Nc2cc(Cl)cc(Cl)c2)C(c2ccc(Br)cc2)=N1. The summed E-state index contributed by atoms with van der Waals surface area (Å²) in [6, 6.07) is 12.9. The minimum absolute atomic E-state index is 0.161. The largest absolute Gasteiger partial charge is 0.325 e. The average Bonchev–Trinajstić information content (AvgIpc) is 2.97. The number of thioether (sulfide) groups is 1. The van der Waals surface area contributed by atoms with E-state index in [-0.39, 0.29) is 11.7 Å². The maximum absolute atomic E-state index is 12.4. The molecule has 0 bridgehead atoms. The number of aliphatic imine (C=N–C) groups is 2. The van der Waals surface area contributed by atoms with Gasteiger partial charge in [0, 0.05) is 25.8 Å². The number of amides is 1. The van der Waals surface area contributed by atoms with Crippen LogP contribution in [0.2, 0.25) is 10.0 Å². The zero-order chi connectivity index (χ0) is 20.3. The molecule has 146 valence electrons. The van der Waals surface area contributed by atoms with Crippen molar-refractivity contribution in [3.63, 3.8) is 0 Å². The van der Waals surface area contributed by atoms with Crippen LogP contribution in [0, 0.1) is 0 Å². The molecule has 2 aromatic carbocycles. The molecule has 0 aromatic heterocycles. The molecule has 0 saturated carbocycles. The smallest absolute Gasteiger partial charge is 0.234 e. The van der Waals surface area contributed by atoms with E-state index in [0.717, 1.165) is 27.2 Å². The van der Waals surface area contributed by atoms with Crippen molar-refractivity contribution in [3.8, 4) is 0 Å². The van der Waals surface area contributed by atoms with Gasteiger partial charge in [0.2, 0.25) is 5.91 Å². The summed E-state index contributed by atoms with van der Waals surface area (Å²) in [5, 5.41) is 4.53. The topological polar surface area (TPSA) is 53.8 Å². The van der Waals surface area contributed by atoms with Crippen molar-refractivity contribution >= 4 is 73.2 Å². The van der Waals surface area contributed by atoms with Gasteiger partial charge in [0.15, 0.2) is 0 Å². The van der Waals surface area contributed by atoms with Crippen molar-refractivity contribution in [2.45, 2.75) is 25.9 Å². The fourth-order valence-electron chi connectivity index (χ4n) is 2.60. The van der Waals surface area contributed by atoms with Gasteiger partial charge in [0.1, 0.15) is 10.7 Å². The van der Waals surface area contributed by atoms with E-state index < -0.39 is 5.66 Å². The van der Waals surface area contributed by atoms with E-state index in [1.54, 1.807) is 18.2 Å². The van der Waals surface area contributed by atoms with E-state index in [2.05, 4.69) is 28.2 Å². The normalized spacial score (nSPS) is 18.6. The number of rotatable bonds is 5. The lowest BCUT2D eigenvalue weighted by Crippen LogP contribution is -2.17. The molecule has 28 heavy (non-hydrogen) atoms. The summed E-state index contributed by atoms with van der Waals surface area (Å²) in [6.45, 7) is 4.04. The number of nitrogens with zero attached hydrogens (tertiary/aromatic N) is 2. The van der Waals surface area contributed by atoms with Crippen LogP contribution in [0.15, 0.2) is 56.9 Å². The van der Waals surface area contributed by atoms with Crippen LogP contribution in [-0.2, 0) is 4.79 Å². The van der Waals surface area contributed by atoms with Crippen LogP contribution in [0.4, 0.5) is 5.69 Å². The van der Waals surface area contributed by atoms with Gasteiger partial charge >= 0.3 is 0 Å². The zero-order valence-corrected chi connectivity index (χ0v) is 19.2. The highest BCUT2D eigenvalue weighted by Gasteiger charge is 2.31. The molecule has 0 saturated heterocycles. The van der Waals surface area contributed by atoms with Crippen LogP contribution in [0.1, 0.15) is 25.8 Å². The first kappa shape index (κ1) is 21.4. The predicted molar refractivity (Wildman–Crippen MR) is 124 cm³/mol. The van der Waals surface area contributed by atoms with Crippen molar-refractivity contribution < 1.29 is 4.79 Å². The summed E-state index contributed by atoms with van der Waals surface area (Å²) < 4.78 is 0.999. The Kier molecular flexibility index (Phi) is 6.86. The Morgan fingerprint density at radius 3 is 2.39 bits per heavy atom. The van der Waals surface area contributed by atoms with Crippen LogP contribution in [0.5, 0.6) is 0 Å². The number of nitrogens with one attached hydrogen (secondary N) is 1. The van der Waals surface area contributed by atoms with Gasteiger partial charge in [-0.1, -0.05) is 70.0 Å². The second-order valence-electron chi connectivity index (χ2n) is 6.45. The van der Waals surface area contributed by atoms with E-state index in [1.165, 1.54) is 11.8 Å². The minimum Gasteiger partial charge on any atom is -0.325 e. The highest BCUT2D eigenvalue weighted by molar-refractivity contribution is 9.10. The number of anilines is 1. The Morgan fingerprint density at radius 1 is 1.14 bits per heavy atom. The molecule has 0 aliphatic carbocycles. The third-order valence-corrected chi connectivity index (χ3v) is 6.10. The monoisotopic (exact) mass is 497 g/mol. The van der Waals surface area contributed by atoms with E-state index in [4.69, 9.17) is 33.2 Å². The molecule has 1 aliphatic rings. The standard InChI is InChI=1S/C20H18BrCl2N3OS/c1-3-20(2)25-18(12-4-6-13(21)7-5-12)19(26-20)28-11-17(27)24-16-9-14(22)8-15(23)10-16/h4-10H,3,11H2,1-2H3,(H,24,27). The Balaban J connectivity index is 1.72. The van der Waals surface area contributed by atoms with E-state index in [1.807, 2.05) is 31.2 Å². The molecule has 4 nitrogen and oxygen atoms in total. The zero-order valence-electron chi connectivity index (χ0n) is 15.3. The first-order valence-electron chi connectivity index (χ1n) is 8.63. The molecule has 1 unspecified atom stereocenters. The molecule has 3 rings (SSSR count). The highest BCUT2D eigenvalue weighted by Crippen LogP contribution is 2.30. The van der Waals surface area contributed by atoms with Gasteiger partial charge in [-0.05, 0) is 43.7 Å². The fourth-order valence-corrected chi connectivity index (χ4v) is 4.29. The molecule has 1 N–H and O–H groups in total. The van der Waals surface area contributed by atoms with E-state index >= 15 is 0 Å². The second kappa shape index (κ2) is 8.99. The molecule has 1 heterocycles. The lowest BCUT2D eigenvalue weighted by Gasteiger charge is -2.13. The quantitative estimate of drug-likeness (QED) is 0.514. The van der Waals surface area contributed by atoms with Crippen molar-refractivity contribution in [1.29, 1.82) is 0 Å². The minimum atomic E-state index is -0.498. The summed E-state index contributed by atoms with van der Waals surface area (Å²) in [5.41, 5.74) is 1.87. The van der Waals surface area contributed by atoms with Crippen molar-refractivity contribution in [3.05, 3.63) is 62.5 Å². The van der Waals surface area contributed by atoms with Crippen LogP contribution >= 0.6 is 50.9 Å². The molecule has 0 fully saturated rings. The molecule has 2 aromatic rings. The third kappa shape index (κ3) is 5.38. The van der Waals surface area contributed by atoms with Gasteiger partial charge in [-0.2, -0.15) is 0 Å². The molecule has 1 amide bonds. The molecule has 1 aliphatic heterocycles. The summed E-state index contributed by atoms with van der Waals surface area (Å²) in [5.74, 6) is 0.0458. The van der Waals surface area contributed by atoms with Crippen LogP contribution < -0.4 is 5.32 Å². The molecule has 0 spiro atoms. The first-order valence-corrected chi connectivity index (χ1v) is 11.2. The molecular formula is C20H18BrCl2N3OS. The van der Waals surface area contributed by atoms with Crippen molar-refractivity contribution in [2.75, 3.05) is 11.1 Å². The molecule has 0 radical (unpaired) electrons. The van der Waals surface area contributed by atoms with Crippen LogP contribution in [0.3, 0.4) is 0 Å². The van der Waals surface area contributed by atoms with Gasteiger partial charge in [-0.25, -0.2) is 4.99 Å². The molecule has 8 heteroatoms. The lowest BCUT2D eigenvalue weighted by molar-refractivity contribution is -0.113. The van der Waals surface area contributed by atoms with E-state index in [0.29, 0.717) is 15.7 Å². The van der Waals surface area contributed by atoms with Gasteiger partial charge in [-0.3, -0.25) is 9.79 Å². The fraction of sp³-hybridized carbons (Fsp3) is 0.250. The van der Waals surface area contributed by atoms with Gasteiger partial charge in [0.05, 0.1) is 11.5 Å². The first-order chi connectivity index (χ1) is 13.3. The lowest BCUT2D eigenvalue weighted by atomic mass is 10.1. The maximum Gasteiger partial charge on any atom is 0.234 e. The summed E-state index contributed by atoms with van der Waals surface area (Å²) in [7, 11) is 0. The summed E-state index contributed by atoms with van der Waals surface area (Å²) >= 11 is 16.8. The van der Waals surface area contributed by atoms with Crippen molar-refractivity contribution in [1.82, 2.24) is 0 Å². The Labute approximate surface area is 187 Å². The van der Waals surface area contributed by atoms with Crippen LogP contribution in [0.25, 0.3) is 0 Å². The summed E-state index contributed by atoms with van der Waals surface area (Å²) in [4.78, 5) is 22.0. The highest BCUT2D eigenvalue weighted by atomic mass is 79.9. The Hall–Kier alpha value is -1.34. The van der Waals surface area contributed by atoms with Crippen LogP contribution in [-0.4, -0.2) is 28.1 Å². The predicted octanol–water partition coefficient (Wildman–Crippen LogP) is 6.46.